The van der Waals surface area contributed by atoms with Crippen molar-refractivity contribution >= 4 is 23.4 Å². The van der Waals surface area contributed by atoms with Crippen LogP contribution in [0.2, 0.25) is 0 Å². The van der Waals surface area contributed by atoms with Crippen molar-refractivity contribution in [3.05, 3.63) is 35.9 Å². The number of rotatable bonds is 8. The molecule has 0 bridgehead atoms. The Hall–Kier alpha value is -2.89. The summed E-state index contributed by atoms with van der Waals surface area (Å²) in [5, 5.41) is 0. The van der Waals surface area contributed by atoms with Gasteiger partial charge in [-0.3, -0.25) is 0 Å². The van der Waals surface area contributed by atoms with Crippen LogP contribution in [-0.4, -0.2) is 53.2 Å². The Balaban J connectivity index is 2.67. The first-order valence-electron chi connectivity index (χ1n) is 8.85. The molecular formula is C21H29N3O3. The molecule has 6 nitrogen and oxygen atoms in total. The van der Waals surface area contributed by atoms with Crippen molar-refractivity contribution < 1.29 is 14.2 Å². The third-order valence-corrected chi connectivity index (χ3v) is 4.54. The van der Waals surface area contributed by atoms with Gasteiger partial charge in [0.2, 0.25) is 0 Å². The molecule has 146 valence electrons. The number of para-hydroxylation sites is 2. The summed E-state index contributed by atoms with van der Waals surface area (Å²) in [4.78, 5) is 8.70. The SMILES string of the molecule is CCN(C)C=Nc1cc(OC)c(OC)c(N(C)c2ccccc2OC)c1C. The molecule has 0 aliphatic heterocycles. The van der Waals surface area contributed by atoms with E-state index in [1.807, 2.05) is 67.5 Å². The van der Waals surface area contributed by atoms with Gasteiger partial charge in [-0.1, -0.05) is 12.1 Å². The number of ether oxygens (including phenoxy) is 3. The van der Waals surface area contributed by atoms with Crippen LogP contribution in [0.3, 0.4) is 0 Å². The molecule has 0 radical (unpaired) electrons. The predicted molar refractivity (Wildman–Crippen MR) is 112 cm³/mol. The highest BCUT2D eigenvalue weighted by Crippen LogP contribution is 2.47. The highest BCUT2D eigenvalue weighted by Gasteiger charge is 2.22. The molecule has 27 heavy (non-hydrogen) atoms. The van der Waals surface area contributed by atoms with Crippen LogP contribution in [0.4, 0.5) is 17.1 Å². The van der Waals surface area contributed by atoms with Gasteiger partial charge in [-0.25, -0.2) is 4.99 Å². The molecule has 2 aromatic carbocycles. The summed E-state index contributed by atoms with van der Waals surface area (Å²) in [5.41, 5.74) is 3.62. The maximum absolute atomic E-state index is 5.70. The van der Waals surface area contributed by atoms with E-state index < -0.39 is 0 Å². The van der Waals surface area contributed by atoms with E-state index in [0.29, 0.717) is 11.5 Å². The molecule has 0 aliphatic carbocycles. The first-order valence-corrected chi connectivity index (χ1v) is 8.85. The Morgan fingerprint density at radius 2 is 1.67 bits per heavy atom. The Labute approximate surface area is 162 Å². The van der Waals surface area contributed by atoms with Crippen LogP contribution in [0.1, 0.15) is 12.5 Å². The Kier molecular flexibility index (Phi) is 6.93. The lowest BCUT2D eigenvalue weighted by atomic mass is 10.1. The summed E-state index contributed by atoms with van der Waals surface area (Å²) in [6.07, 6.45) is 1.82. The normalized spacial score (nSPS) is 10.8. The first kappa shape index (κ1) is 20.4. The van der Waals surface area contributed by atoms with Crippen LogP contribution in [0, 0.1) is 6.92 Å². The molecule has 0 unspecified atom stereocenters. The summed E-state index contributed by atoms with van der Waals surface area (Å²) < 4.78 is 16.8. The zero-order valence-corrected chi connectivity index (χ0v) is 17.2. The fourth-order valence-corrected chi connectivity index (χ4v) is 2.86. The molecule has 0 spiro atoms. The maximum Gasteiger partial charge on any atom is 0.184 e. The number of benzene rings is 2. The van der Waals surface area contributed by atoms with Gasteiger partial charge in [-0.2, -0.15) is 0 Å². The van der Waals surface area contributed by atoms with E-state index in [1.165, 1.54) is 0 Å². The summed E-state index contributed by atoms with van der Waals surface area (Å²) in [6, 6.07) is 9.76. The van der Waals surface area contributed by atoms with Crippen molar-refractivity contribution in [2.45, 2.75) is 13.8 Å². The second-order valence-electron chi connectivity index (χ2n) is 6.15. The lowest BCUT2D eigenvalue weighted by Crippen LogP contribution is -2.15. The molecule has 0 aromatic heterocycles. The van der Waals surface area contributed by atoms with Crippen LogP contribution >= 0.6 is 0 Å². The minimum Gasteiger partial charge on any atom is -0.495 e. The Morgan fingerprint density at radius 3 is 2.26 bits per heavy atom. The van der Waals surface area contributed by atoms with Crippen molar-refractivity contribution in [3.63, 3.8) is 0 Å². The highest BCUT2D eigenvalue weighted by molar-refractivity contribution is 5.83. The van der Waals surface area contributed by atoms with Crippen molar-refractivity contribution in [2.75, 3.05) is 46.9 Å². The summed E-state index contributed by atoms with van der Waals surface area (Å²) in [5.74, 6) is 2.07. The van der Waals surface area contributed by atoms with E-state index in [0.717, 1.165) is 34.9 Å². The summed E-state index contributed by atoms with van der Waals surface area (Å²) >= 11 is 0. The second-order valence-corrected chi connectivity index (χ2v) is 6.15. The van der Waals surface area contributed by atoms with Gasteiger partial charge in [-0.15, -0.1) is 0 Å². The lowest BCUT2D eigenvalue weighted by Gasteiger charge is -2.27. The van der Waals surface area contributed by atoms with E-state index >= 15 is 0 Å². The topological polar surface area (TPSA) is 46.5 Å². The average Bonchev–Trinajstić information content (AvgIpc) is 2.71. The standard InChI is InChI=1S/C21H29N3O3/c1-8-23(3)14-22-16-13-19(26-6)21(27-7)20(15(16)2)24(4)17-11-9-10-12-18(17)25-5/h9-14H,8H2,1-7H3. The van der Waals surface area contributed by atoms with Crippen LogP contribution in [-0.2, 0) is 0 Å². The quantitative estimate of drug-likeness (QED) is 0.508. The number of methoxy groups -OCH3 is 3. The van der Waals surface area contributed by atoms with Gasteiger partial charge in [0, 0.05) is 32.3 Å². The minimum atomic E-state index is 0.631. The summed E-state index contributed by atoms with van der Waals surface area (Å²) in [6.45, 7) is 4.99. The monoisotopic (exact) mass is 371 g/mol. The highest BCUT2D eigenvalue weighted by atomic mass is 16.5. The Bertz CT molecular complexity index is 805. The Morgan fingerprint density at radius 1 is 1.00 bits per heavy atom. The molecule has 0 fully saturated rings. The first-order chi connectivity index (χ1) is 13.0. The zero-order valence-electron chi connectivity index (χ0n) is 17.2. The molecule has 2 rings (SSSR count). The predicted octanol–water partition coefficient (Wildman–Crippen LogP) is 4.40. The molecule has 6 heteroatoms. The number of anilines is 2. The number of aliphatic imine (C=N–C) groups is 1. The van der Waals surface area contributed by atoms with Crippen LogP contribution < -0.4 is 19.1 Å². The third-order valence-electron chi connectivity index (χ3n) is 4.54. The van der Waals surface area contributed by atoms with E-state index in [2.05, 4.69) is 11.9 Å². The van der Waals surface area contributed by atoms with Gasteiger partial charge in [-0.05, 0) is 26.0 Å². The largest absolute Gasteiger partial charge is 0.495 e. The number of hydrogen-bond acceptors (Lipinski definition) is 5. The molecule has 0 aliphatic rings. The smallest absolute Gasteiger partial charge is 0.184 e. The number of hydrogen-bond donors (Lipinski definition) is 0. The molecule has 0 amide bonds. The molecule has 0 saturated carbocycles. The third kappa shape index (κ3) is 4.27. The minimum absolute atomic E-state index is 0.631. The zero-order chi connectivity index (χ0) is 20.0. The molecular weight excluding hydrogens is 342 g/mol. The molecule has 2 aromatic rings. The maximum atomic E-state index is 5.70. The van der Waals surface area contributed by atoms with Crippen molar-refractivity contribution in [1.82, 2.24) is 4.90 Å². The van der Waals surface area contributed by atoms with Crippen molar-refractivity contribution in [2.24, 2.45) is 4.99 Å². The lowest BCUT2D eigenvalue weighted by molar-refractivity contribution is 0.355. The van der Waals surface area contributed by atoms with Gasteiger partial charge < -0.3 is 24.0 Å². The second kappa shape index (κ2) is 9.16. The van der Waals surface area contributed by atoms with Gasteiger partial charge in [0.25, 0.3) is 0 Å². The van der Waals surface area contributed by atoms with E-state index in [-0.39, 0.29) is 0 Å². The van der Waals surface area contributed by atoms with Crippen molar-refractivity contribution in [3.8, 4) is 17.2 Å². The van der Waals surface area contributed by atoms with E-state index in [4.69, 9.17) is 14.2 Å². The molecule has 0 saturated heterocycles. The van der Waals surface area contributed by atoms with Gasteiger partial charge in [0.05, 0.1) is 44.7 Å². The van der Waals surface area contributed by atoms with Crippen molar-refractivity contribution in [1.29, 1.82) is 0 Å². The van der Waals surface area contributed by atoms with Crippen LogP contribution in [0.5, 0.6) is 17.2 Å². The van der Waals surface area contributed by atoms with Crippen LogP contribution in [0.25, 0.3) is 0 Å². The van der Waals surface area contributed by atoms with Gasteiger partial charge in [0.15, 0.2) is 11.5 Å². The van der Waals surface area contributed by atoms with Crippen LogP contribution in [0.15, 0.2) is 35.3 Å². The fraction of sp³-hybridized carbons (Fsp3) is 0.381. The number of nitrogens with zero attached hydrogens (tertiary/aromatic N) is 3. The molecule has 0 heterocycles. The van der Waals surface area contributed by atoms with Gasteiger partial charge in [0.1, 0.15) is 5.75 Å². The summed E-state index contributed by atoms with van der Waals surface area (Å²) in [7, 11) is 8.91. The van der Waals surface area contributed by atoms with E-state index in [1.54, 1.807) is 21.3 Å². The fourth-order valence-electron chi connectivity index (χ4n) is 2.86. The molecule has 0 atom stereocenters. The molecule has 0 N–H and O–H groups in total. The van der Waals surface area contributed by atoms with E-state index in [9.17, 15) is 0 Å². The average molecular weight is 371 g/mol. The van der Waals surface area contributed by atoms with Gasteiger partial charge >= 0.3 is 0 Å².